The molecule has 2 unspecified atom stereocenters. The Morgan fingerprint density at radius 3 is 2.62 bits per heavy atom. The van der Waals surface area contributed by atoms with Crippen LogP contribution in [0.2, 0.25) is 0 Å². The largest absolute Gasteiger partial charge is 0.394 e. The molecule has 1 amide bonds. The number of aliphatic hydroxyl groups is 1. The molecule has 0 radical (unpaired) electrons. The maximum absolute atomic E-state index is 11.7. The van der Waals surface area contributed by atoms with Crippen LogP contribution in [0.1, 0.15) is 11.3 Å². The lowest BCUT2D eigenvalue weighted by atomic mass is 10.2. The first-order valence-electron chi connectivity index (χ1n) is 6.06. The third kappa shape index (κ3) is 5.48. The van der Waals surface area contributed by atoms with Crippen molar-refractivity contribution in [1.29, 1.82) is 0 Å². The van der Waals surface area contributed by atoms with Crippen LogP contribution in [0.25, 0.3) is 6.08 Å². The normalized spacial score (nSPS) is 14.0. The average molecular weight is 315 g/mol. The van der Waals surface area contributed by atoms with E-state index in [1.165, 1.54) is 19.3 Å². The van der Waals surface area contributed by atoms with Crippen molar-refractivity contribution >= 4 is 22.8 Å². The summed E-state index contributed by atoms with van der Waals surface area (Å²) in [5.74, 6) is -0.404. The van der Waals surface area contributed by atoms with E-state index >= 15 is 0 Å². The van der Waals surface area contributed by atoms with Crippen molar-refractivity contribution in [3.63, 3.8) is 0 Å². The number of hydrogen-bond acceptors (Lipinski definition) is 5. The van der Waals surface area contributed by atoms with E-state index in [0.29, 0.717) is 5.69 Å². The molecule has 0 aliphatic carbocycles. The predicted octanol–water partition coefficient (Wildman–Crippen LogP) is -1.76. The Hall–Kier alpha value is -2.00. The molecule has 9 heteroatoms. The van der Waals surface area contributed by atoms with E-state index in [1.807, 2.05) is 0 Å². The molecule has 21 heavy (non-hydrogen) atoms. The van der Waals surface area contributed by atoms with Crippen molar-refractivity contribution in [2.45, 2.75) is 13.0 Å². The third-order valence-electron chi connectivity index (χ3n) is 2.58. The first-order valence-corrected chi connectivity index (χ1v) is 7.79. The van der Waals surface area contributed by atoms with Gasteiger partial charge in [0.2, 0.25) is 5.91 Å². The fourth-order valence-electron chi connectivity index (χ4n) is 1.64. The first kappa shape index (κ1) is 17.1. The van der Waals surface area contributed by atoms with Gasteiger partial charge in [0.15, 0.2) is 0 Å². The van der Waals surface area contributed by atoms with Gasteiger partial charge in [0.05, 0.1) is 18.2 Å². The summed E-state index contributed by atoms with van der Waals surface area (Å²) in [6.45, 7) is 1.20. The topological polar surface area (TPSA) is 132 Å². The third-order valence-corrected chi connectivity index (χ3v) is 3.45. The second-order valence-corrected chi connectivity index (χ2v) is 5.89. The number of aliphatic hydroxyl groups excluding tert-OH is 1. The lowest BCUT2D eigenvalue weighted by molar-refractivity contribution is -0.117. The standard InChI is InChI=1S/C12H17N3O5S/c1-7-9(11(18)15-12(19)13-7)3-4-10(17)14-8(5-16)6-21(2)20/h3-4,8,16H,5-6H2,1-2H3,(H,14,17)(H2,13,15,18,19)/b4-3+. The summed E-state index contributed by atoms with van der Waals surface area (Å²) in [5, 5.41) is 11.5. The van der Waals surface area contributed by atoms with Crippen molar-refractivity contribution in [2.75, 3.05) is 18.6 Å². The maximum Gasteiger partial charge on any atom is 0.325 e. The van der Waals surface area contributed by atoms with Crippen molar-refractivity contribution < 1.29 is 14.1 Å². The molecule has 0 aliphatic rings. The molecule has 1 rings (SSSR count). The zero-order chi connectivity index (χ0) is 16.0. The zero-order valence-corrected chi connectivity index (χ0v) is 12.5. The highest BCUT2D eigenvalue weighted by Crippen LogP contribution is 1.98. The van der Waals surface area contributed by atoms with Crippen molar-refractivity contribution in [3.8, 4) is 0 Å². The predicted molar refractivity (Wildman–Crippen MR) is 79.4 cm³/mol. The molecular weight excluding hydrogens is 298 g/mol. The molecule has 116 valence electrons. The van der Waals surface area contributed by atoms with E-state index in [2.05, 4.69) is 15.3 Å². The Morgan fingerprint density at radius 1 is 1.43 bits per heavy atom. The molecule has 2 atom stereocenters. The molecule has 0 fully saturated rings. The number of aryl methyl sites for hydroxylation is 1. The molecule has 0 aliphatic heterocycles. The summed E-state index contributed by atoms with van der Waals surface area (Å²) in [6.07, 6.45) is 3.84. The quantitative estimate of drug-likeness (QED) is 0.462. The van der Waals surface area contributed by atoms with Gasteiger partial charge in [-0.2, -0.15) is 0 Å². The number of nitrogens with one attached hydrogen (secondary N) is 3. The lowest BCUT2D eigenvalue weighted by Gasteiger charge is -2.13. The van der Waals surface area contributed by atoms with Gasteiger partial charge in [-0.15, -0.1) is 0 Å². The molecular formula is C12H17N3O5S. The minimum absolute atomic E-state index is 0.133. The number of aromatic amines is 2. The number of carbonyl (C=O) groups is 1. The summed E-state index contributed by atoms with van der Waals surface area (Å²) >= 11 is 0. The number of amides is 1. The summed E-state index contributed by atoms with van der Waals surface area (Å²) in [7, 11) is -1.16. The van der Waals surface area contributed by atoms with Crippen molar-refractivity contribution in [2.24, 2.45) is 0 Å². The zero-order valence-electron chi connectivity index (χ0n) is 11.6. The van der Waals surface area contributed by atoms with Gasteiger partial charge in [0, 0.05) is 34.6 Å². The van der Waals surface area contributed by atoms with Crippen LogP contribution < -0.4 is 16.6 Å². The summed E-state index contributed by atoms with van der Waals surface area (Å²) in [5.41, 5.74) is -0.732. The second-order valence-electron chi connectivity index (χ2n) is 4.41. The number of carbonyl (C=O) groups excluding carboxylic acids is 1. The Morgan fingerprint density at radius 2 is 2.10 bits per heavy atom. The highest BCUT2D eigenvalue weighted by Gasteiger charge is 2.11. The molecule has 0 saturated heterocycles. The van der Waals surface area contributed by atoms with Crippen LogP contribution in [0.15, 0.2) is 15.7 Å². The maximum atomic E-state index is 11.7. The number of aromatic nitrogens is 2. The molecule has 0 spiro atoms. The highest BCUT2D eigenvalue weighted by molar-refractivity contribution is 7.84. The Bertz CT molecular complexity index is 676. The Labute approximate surface area is 122 Å². The van der Waals surface area contributed by atoms with Crippen molar-refractivity contribution in [3.05, 3.63) is 38.2 Å². The Kier molecular flexibility index (Phi) is 6.25. The lowest BCUT2D eigenvalue weighted by Crippen LogP contribution is -2.40. The van der Waals surface area contributed by atoms with Crippen LogP contribution in [-0.4, -0.2) is 49.8 Å². The number of rotatable bonds is 6. The van der Waals surface area contributed by atoms with E-state index in [0.717, 1.165) is 6.08 Å². The molecule has 1 heterocycles. The summed E-state index contributed by atoms with van der Waals surface area (Å²) in [4.78, 5) is 38.7. The van der Waals surface area contributed by atoms with Crippen LogP contribution >= 0.6 is 0 Å². The average Bonchev–Trinajstić information content (AvgIpc) is 2.35. The summed E-state index contributed by atoms with van der Waals surface area (Å²) in [6, 6.07) is -0.622. The van der Waals surface area contributed by atoms with E-state index < -0.39 is 34.0 Å². The van der Waals surface area contributed by atoms with Crippen LogP contribution in [0.4, 0.5) is 0 Å². The van der Waals surface area contributed by atoms with Crippen LogP contribution in [-0.2, 0) is 15.6 Å². The Balaban J connectivity index is 2.81. The minimum atomic E-state index is -1.16. The number of H-pyrrole nitrogens is 2. The van der Waals surface area contributed by atoms with Gasteiger partial charge >= 0.3 is 5.69 Å². The SMILES string of the molecule is Cc1[nH]c(=O)[nH]c(=O)c1/C=C/C(=O)NC(CO)CS(C)=O. The fourth-order valence-corrected chi connectivity index (χ4v) is 2.40. The fraction of sp³-hybridized carbons (Fsp3) is 0.417. The highest BCUT2D eigenvalue weighted by atomic mass is 32.2. The van der Waals surface area contributed by atoms with Gasteiger partial charge in [-0.05, 0) is 13.0 Å². The molecule has 8 nitrogen and oxygen atoms in total. The number of hydrogen-bond donors (Lipinski definition) is 4. The van der Waals surface area contributed by atoms with Crippen LogP contribution in [0.3, 0.4) is 0 Å². The molecule has 0 aromatic carbocycles. The molecule has 4 N–H and O–H groups in total. The van der Waals surface area contributed by atoms with Crippen molar-refractivity contribution in [1.82, 2.24) is 15.3 Å². The monoisotopic (exact) mass is 315 g/mol. The van der Waals surface area contributed by atoms with E-state index in [4.69, 9.17) is 5.11 Å². The van der Waals surface area contributed by atoms with E-state index in [-0.39, 0.29) is 17.9 Å². The van der Waals surface area contributed by atoms with E-state index in [1.54, 1.807) is 0 Å². The summed E-state index contributed by atoms with van der Waals surface area (Å²) < 4.78 is 11.0. The second kappa shape index (κ2) is 7.70. The van der Waals surface area contributed by atoms with Gasteiger partial charge in [0.25, 0.3) is 5.56 Å². The van der Waals surface area contributed by atoms with Gasteiger partial charge in [0.1, 0.15) is 0 Å². The van der Waals surface area contributed by atoms with E-state index in [9.17, 15) is 18.6 Å². The van der Waals surface area contributed by atoms with Gasteiger partial charge in [-0.25, -0.2) is 4.79 Å². The molecule has 0 saturated carbocycles. The van der Waals surface area contributed by atoms with Gasteiger partial charge in [-0.1, -0.05) is 0 Å². The minimum Gasteiger partial charge on any atom is -0.394 e. The van der Waals surface area contributed by atoms with Crippen LogP contribution in [0.5, 0.6) is 0 Å². The van der Waals surface area contributed by atoms with Gasteiger partial charge in [-0.3, -0.25) is 18.8 Å². The smallest absolute Gasteiger partial charge is 0.325 e. The van der Waals surface area contributed by atoms with Crippen LogP contribution in [0, 0.1) is 6.92 Å². The van der Waals surface area contributed by atoms with Gasteiger partial charge < -0.3 is 15.4 Å². The molecule has 1 aromatic rings. The molecule has 1 aromatic heterocycles. The molecule has 0 bridgehead atoms. The first-order chi connectivity index (χ1) is 9.83.